The number of benzene rings is 2. The van der Waals surface area contributed by atoms with Crippen molar-refractivity contribution in [2.45, 2.75) is 12.6 Å². The summed E-state index contributed by atoms with van der Waals surface area (Å²) < 4.78 is 1.03. The highest BCUT2D eigenvalue weighted by Crippen LogP contribution is 2.40. The number of nitrogens with zero attached hydrogens (tertiary/aromatic N) is 3. The maximum absolute atomic E-state index is 12.9. The van der Waals surface area contributed by atoms with E-state index < -0.39 is 0 Å². The van der Waals surface area contributed by atoms with E-state index in [0.717, 1.165) is 35.2 Å². The van der Waals surface area contributed by atoms with Crippen LogP contribution in [-0.4, -0.2) is 29.1 Å². The van der Waals surface area contributed by atoms with Gasteiger partial charge in [0.1, 0.15) is 6.17 Å². The zero-order chi connectivity index (χ0) is 16.0. The van der Waals surface area contributed by atoms with Gasteiger partial charge < -0.3 is 0 Å². The molecule has 6 heteroatoms. The fourth-order valence-corrected chi connectivity index (χ4v) is 3.65. The summed E-state index contributed by atoms with van der Waals surface area (Å²) in [7, 11) is 0. The maximum Gasteiger partial charge on any atom is 0.340 e. The molecule has 0 spiro atoms. The zero-order valence-electron chi connectivity index (χ0n) is 12.3. The molecular weight excluding hydrogens is 378 g/mol. The molecule has 1 atom stereocenters. The molecule has 0 radical (unpaired) electrons. The summed E-state index contributed by atoms with van der Waals surface area (Å²) in [5.41, 5.74) is 1.96. The Hall–Kier alpha value is -1.56. The van der Waals surface area contributed by atoms with Gasteiger partial charge in [-0.05, 0) is 48.4 Å². The summed E-state index contributed by atoms with van der Waals surface area (Å²) >= 11 is 9.46. The van der Waals surface area contributed by atoms with E-state index in [1.807, 2.05) is 46.3 Å². The zero-order valence-corrected chi connectivity index (χ0v) is 14.7. The molecule has 0 bridgehead atoms. The molecule has 0 aromatic heterocycles. The number of anilines is 1. The Morgan fingerprint density at radius 1 is 1.00 bits per heavy atom. The third-order valence-electron chi connectivity index (χ3n) is 4.29. The SMILES string of the molecule is O=C1N(c2ccc(Cl)cc2)C(c2ccc(Br)cc2)N2CCCN12. The molecule has 23 heavy (non-hydrogen) atoms. The molecule has 2 heterocycles. The lowest BCUT2D eigenvalue weighted by Gasteiger charge is -2.28. The van der Waals surface area contributed by atoms with Crippen LogP contribution in [0.5, 0.6) is 0 Å². The predicted molar refractivity (Wildman–Crippen MR) is 94.2 cm³/mol. The molecule has 1 unspecified atom stereocenters. The van der Waals surface area contributed by atoms with Crippen molar-refractivity contribution >= 4 is 39.2 Å². The average Bonchev–Trinajstić information content (AvgIpc) is 3.12. The van der Waals surface area contributed by atoms with Gasteiger partial charge in [0.05, 0.1) is 0 Å². The highest BCUT2D eigenvalue weighted by atomic mass is 79.9. The van der Waals surface area contributed by atoms with Gasteiger partial charge in [0.25, 0.3) is 0 Å². The van der Waals surface area contributed by atoms with E-state index in [9.17, 15) is 4.79 Å². The molecule has 2 fully saturated rings. The number of carbonyl (C=O) groups excluding carboxylic acids is 1. The van der Waals surface area contributed by atoms with Crippen LogP contribution in [0.15, 0.2) is 53.0 Å². The Balaban J connectivity index is 1.79. The van der Waals surface area contributed by atoms with Gasteiger partial charge in [-0.2, -0.15) is 5.01 Å². The third kappa shape index (κ3) is 2.53. The van der Waals surface area contributed by atoms with E-state index in [1.54, 1.807) is 0 Å². The second-order valence-electron chi connectivity index (χ2n) is 5.69. The first-order valence-electron chi connectivity index (χ1n) is 7.53. The molecular formula is C17H15BrClN3O. The lowest BCUT2D eigenvalue weighted by Crippen LogP contribution is -2.32. The first-order chi connectivity index (χ1) is 11.1. The van der Waals surface area contributed by atoms with E-state index in [2.05, 4.69) is 33.1 Å². The van der Waals surface area contributed by atoms with E-state index in [-0.39, 0.29) is 12.2 Å². The standard InChI is InChI=1S/C17H15BrClN3O/c18-13-4-2-12(3-5-13)16-20-10-1-11-21(20)17(23)22(16)15-8-6-14(19)7-9-15/h2-9,16H,1,10-11H2. The van der Waals surface area contributed by atoms with Crippen LogP contribution in [0.3, 0.4) is 0 Å². The first-order valence-corrected chi connectivity index (χ1v) is 8.70. The van der Waals surface area contributed by atoms with Crippen LogP contribution in [0.1, 0.15) is 18.2 Å². The number of amides is 2. The van der Waals surface area contributed by atoms with Crippen molar-refractivity contribution in [2.24, 2.45) is 0 Å². The smallest absolute Gasteiger partial charge is 0.271 e. The van der Waals surface area contributed by atoms with Crippen LogP contribution >= 0.6 is 27.5 Å². The number of urea groups is 1. The molecule has 118 valence electrons. The van der Waals surface area contributed by atoms with Crippen molar-refractivity contribution in [3.05, 3.63) is 63.6 Å². The van der Waals surface area contributed by atoms with Crippen molar-refractivity contribution in [3.63, 3.8) is 0 Å². The van der Waals surface area contributed by atoms with Crippen LogP contribution < -0.4 is 4.90 Å². The Morgan fingerprint density at radius 3 is 2.39 bits per heavy atom. The lowest BCUT2D eigenvalue weighted by molar-refractivity contribution is 0.0728. The molecule has 2 aliphatic heterocycles. The molecule has 4 rings (SSSR count). The van der Waals surface area contributed by atoms with Gasteiger partial charge in [-0.25, -0.2) is 4.79 Å². The minimum absolute atomic E-state index is 0.0257. The number of hydrogen-bond donors (Lipinski definition) is 0. The summed E-state index contributed by atoms with van der Waals surface area (Å²) in [6.45, 7) is 1.66. The van der Waals surface area contributed by atoms with Crippen molar-refractivity contribution in [1.82, 2.24) is 10.0 Å². The normalized spacial score (nSPS) is 21.1. The Morgan fingerprint density at radius 2 is 1.70 bits per heavy atom. The molecule has 0 N–H and O–H groups in total. The van der Waals surface area contributed by atoms with Gasteiger partial charge in [-0.1, -0.05) is 39.7 Å². The fourth-order valence-electron chi connectivity index (χ4n) is 3.26. The van der Waals surface area contributed by atoms with Crippen LogP contribution in [0.25, 0.3) is 0 Å². The van der Waals surface area contributed by atoms with E-state index in [4.69, 9.17) is 11.6 Å². The Bertz CT molecular complexity index is 735. The largest absolute Gasteiger partial charge is 0.340 e. The second-order valence-corrected chi connectivity index (χ2v) is 7.05. The summed E-state index contributed by atoms with van der Waals surface area (Å²) in [5, 5.41) is 4.67. The van der Waals surface area contributed by atoms with Gasteiger partial charge in [0.2, 0.25) is 0 Å². The molecule has 4 nitrogen and oxygen atoms in total. The van der Waals surface area contributed by atoms with Gasteiger partial charge in [-0.3, -0.25) is 9.91 Å². The van der Waals surface area contributed by atoms with E-state index in [1.165, 1.54) is 0 Å². The molecule has 2 saturated heterocycles. The minimum Gasteiger partial charge on any atom is -0.271 e. The van der Waals surface area contributed by atoms with Crippen LogP contribution in [0.2, 0.25) is 5.02 Å². The maximum atomic E-state index is 12.9. The van der Waals surface area contributed by atoms with E-state index in [0.29, 0.717) is 5.02 Å². The van der Waals surface area contributed by atoms with Crippen molar-refractivity contribution in [1.29, 1.82) is 0 Å². The number of carbonyl (C=O) groups is 1. The highest BCUT2D eigenvalue weighted by Gasteiger charge is 2.47. The van der Waals surface area contributed by atoms with Crippen molar-refractivity contribution in [3.8, 4) is 0 Å². The van der Waals surface area contributed by atoms with Gasteiger partial charge in [-0.15, -0.1) is 0 Å². The van der Waals surface area contributed by atoms with Crippen LogP contribution in [0, 0.1) is 0 Å². The molecule has 2 aromatic carbocycles. The first kappa shape index (κ1) is 15.0. The van der Waals surface area contributed by atoms with Gasteiger partial charge in [0.15, 0.2) is 0 Å². The summed E-state index contributed by atoms with van der Waals surface area (Å²) in [5.74, 6) is 0. The number of hydrogen-bond acceptors (Lipinski definition) is 2. The molecule has 2 amide bonds. The summed E-state index contributed by atoms with van der Waals surface area (Å²) in [4.78, 5) is 14.7. The molecule has 2 aliphatic rings. The number of hydrazine groups is 1. The van der Waals surface area contributed by atoms with Crippen molar-refractivity contribution in [2.75, 3.05) is 18.0 Å². The summed E-state index contributed by atoms with van der Waals surface area (Å²) in [6.07, 6.45) is 0.895. The number of rotatable bonds is 2. The lowest BCUT2D eigenvalue weighted by atomic mass is 10.1. The topological polar surface area (TPSA) is 26.8 Å². The van der Waals surface area contributed by atoms with Crippen LogP contribution in [-0.2, 0) is 0 Å². The second kappa shape index (κ2) is 5.82. The van der Waals surface area contributed by atoms with Gasteiger partial charge in [0, 0.05) is 28.3 Å². The van der Waals surface area contributed by atoms with Gasteiger partial charge >= 0.3 is 6.03 Å². The average molecular weight is 393 g/mol. The monoisotopic (exact) mass is 391 g/mol. The quantitative estimate of drug-likeness (QED) is 0.743. The third-order valence-corrected chi connectivity index (χ3v) is 5.07. The molecule has 2 aromatic rings. The van der Waals surface area contributed by atoms with Crippen molar-refractivity contribution < 1.29 is 4.79 Å². The minimum atomic E-state index is -0.112. The molecule has 0 aliphatic carbocycles. The Labute approximate surface area is 148 Å². The number of fused-ring (bicyclic) bond motifs is 1. The molecule has 0 saturated carbocycles. The van der Waals surface area contributed by atoms with Crippen LogP contribution in [0.4, 0.5) is 10.5 Å². The predicted octanol–water partition coefficient (Wildman–Crippen LogP) is 4.66. The summed E-state index contributed by atoms with van der Waals surface area (Å²) in [6, 6.07) is 15.6. The fraction of sp³-hybridized carbons (Fsp3) is 0.235. The number of halogens is 2. The highest BCUT2D eigenvalue weighted by molar-refractivity contribution is 9.10. The Kier molecular flexibility index (Phi) is 3.79. The van der Waals surface area contributed by atoms with E-state index >= 15 is 0 Å².